The minimum atomic E-state index is -1.01. The fraction of sp³-hybridized carbons (Fsp3) is 0.0667. The lowest BCUT2D eigenvalue weighted by atomic mass is 10.1. The number of nitrogens with one attached hydrogen (secondary N) is 1. The van der Waals surface area contributed by atoms with Crippen LogP contribution in [0.5, 0.6) is 0 Å². The maximum Gasteiger partial charge on any atom is 0.335 e. The standard InChI is InChI=1S/C15H13ClN2O3/c16-12-5-4-10(7-13(12)17)14(19)18-8-9-2-1-3-11(6-9)15(20)21/h1-7H,8,17H2,(H,18,19)(H,20,21). The number of carboxylic acids is 1. The molecule has 2 rings (SSSR count). The molecule has 0 bridgehead atoms. The molecule has 0 atom stereocenters. The van der Waals surface area contributed by atoms with Crippen molar-refractivity contribution < 1.29 is 14.7 Å². The zero-order valence-corrected chi connectivity index (χ0v) is 11.7. The average molecular weight is 305 g/mol. The number of rotatable bonds is 4. The molecule has 2 aromatic rings. The fourth-order valence-corrected chi connectivity index (χ4v) is 1.90. The van der Waals surface area contributed by atoms with E-state index in [2.05, 4.69) is 5.32 Å². The van der Waals surface area contributed by atoms with Crippen LogP contribution in [0, 0.1) is 0 Å². The predicted molar refractivity (Wildman–Crippen MR) is 80.4 cm³/mol. The quantitative estimate of drug-likeness (QED) is 0.757. The summed E-state index contributed by atoms with van der Waals surface area (Å²) in [6, 6.07) is 11.0. The molecule has 6 heteroatoms. The van der Waals surface area contributed by atoms with Gasteiger partial charge >= 0.3 is 5.97 Å². The van der Waals surface area contributed by atoms with E-state index < -0.39 is 5.97 Å². The zero-order valence-electron chi connectivity index (χ0n) is 11.0. The molecule has 0 heterocycles. The first-order chi connectivity index (χ1) is 9.97. The third-order valence-electron chi connectivity index (χ3n) is 2.89. The summed E-state index contributed by atoms with van der Waals surface area (Å²) in [6.45, 7) is 0.225. The Morgan fingerprint density at radius 3 is 2.57 bits per heavy atom. The summed E-state index contributed by atoms with van der Waals surface area (Å²) in [4.78, 5) is 22.8. The Morgan fingerprint density at radius 1 is 1.14 bits per heavy atom. The van der Waals surface area contributed by atoms with Crippen LogP contribution < -0.4 is 11.1 Å². The number of nitrogen functional groups attached to an aromatic ring is 1. The second-order valence-corrected chi connectivity index (χ2v) is 4.83. The Balaban J connectivity index is 2.05. The minimum Gasteiger partial charge on any atom is -0.478 e. The second kappa shape index (κ2) is 6.28. The predicted octanol–water partition coefficient (Wildman–Crippen LogP) is 2.55. The van der Waals surface area contributed by atoms with Gasteiger partial charge < -0.3 is 16.2 Å². The van der Waals surface area contributed by atoms with Crippen LogP contribution in [-0.4, -0.2) is 17.0 Å². The van der Waals surface area contributed by atoms with Gasteiger partial charge in [-0.1, -0.05) is 23.7 Å². The molecule has 0 aliphatic heterocycles. The van der Waals surface area contributed by atoms with Crippen molar-refractivity contribution in [3.63, 3.8) is 0 Å². The number of halogens is 1. The zero-order chi connectivity index (χ0) is 15.4. The van der Waals surface area contributed by atoms with Gasteiger partial charge in [-0.05, 0) is 35.9 Å². The van der Waals surface area contributed by atoms with Crippen molar-refractivity contribution in [2.75, 3.05) is 5.73 Å². The number of benzene rings is 2. The monoisotopic (exact) mass is 304 g/mol. The van der Waals surface area contributed by atoms with Crippen LogP contribution >= 0.6 is 11.6 Å². The first-order valence-corrected chi connectivity index (χ1v) is 6.50. The Morgan fingerprint density at radius 2 is 1.90 bits per heavy atom. The molecule has 0 saturated carbocycles. The van der Waals surface area contributed by atoms with Crippen LogP contribution in [0.4, 0.5) is 5.69 Å². The molecule has 1 amide bonds. The lowest BCUT2D eigenvalue weighted by molar-refractivity contribution is 0.0696. The number of hydrogen-bond acceptors (Lipinski definition) is 3. The molecule has 0 aliphatic carbocycles. The summed E-state index contributed by atoms with van der Waals surface area (Å²) >= 11 is 5.79. The van der Waals surface area contributed by atoms with E-state index in [0.29, 0.717) is 21.8 Å². The third-order valence-corrected chi connectivity index (χ3v) is 3.23. The van der Waals surface area contributed by atoms with Gasteiger partial charge in [0.15, 0.2) is 0 Å². The van der Waals surface area contributed by atoms with Crippen LogP contribution in [0.15, 0.2) is 42.5 Å². The van der Waals surface area contributed by atoms with E-state index in [0.717, 1.165) is 0 Å². The summed E-state index contributed by atoms with van der Waals surface area (Å²) in [7, 11) is 0. The van der Waals surface area contributed by atoms with Crippen LogP contribution in [0.2, 0.25) is 5.02 Å². The smallest absolute Gasteiger partial charge is 0.335 e. The number of amides is 1. The molecule has 0 saturated heterocycles. The Kier molecular flexibility index (Phi) is 4.45. The molecule has 108 valence electrons. The molecule has 0 spiro atoms. The summed E-state index contributed by atoms with van der Waals surface area (Å²) in [6.07, 6.45) is 0. The summed E-state index contributed by atoms with van der Waals surface area (Å²) in [5.74, 6) is -1.31. The Hall–Kier alpha value is -2.53. The van der Waals surface area contributed by atoms with Crippen molar-refractivity contribution in [1.82, 2.24) is 5.32 Å². The fourth-order valence-electron chi connectivity index (χ4n) is 1.78. The maximum absolute atomic E-state index is 12.0. The van der Waals surface area contributed by atoms with Crippen molar-refractivity contribution in [1.29, 1.82) is 0 Å². The lowest BCUT2D eigenvalue weighted by Crippen LogP contribution is -2.23. The summed E-state index contributed by atoms with van der Waals surface area (Å²) in [5.41, 5.74) is 7.24. The van der Waals surface area contributed by atoms with E-state index in [9.17, 15) is 9.59 Å². The molecular formula is C15H13ClN2O3. The van der Waals surface area contributed by atoms with Crippen molar-refractivity contribution in [2.24, 2.45) is 0 Å². The van der Waals surface area contributed by atoms with E-state index in [1.807, 2.05) is 0 Å². The number of nitrogens with two attached hydrogens (primary N) is 1. The van der Waals surface area contributed by atoms with Crippen molar-refractivity contribution >= 4 is 29.2 Å². The first-order valence-electron chi connectivity index (χ1n) is 6.13. The highest BCUT2D eigenvalue weighted by molar-refractivity contribution is 6.33. The number of carbonyl (C=O) groups is 2. The third kappa shape index (κ3) is 3.73. The lowest BCUT2D eigenvalue weighted by Gasteiger charge is -2.07. The molecule has 0 radical (unpaired) electrons. The van der Waals surface area contributed by atoms with Gasteiger partial charge in [0, 0.05) is 12.1 Å². The van der Waals surface area contributed by atoms with E-state index >= 15 is 0 Å². The number of carbonyl (C=O) groups excluding carboxylic acids is 1. The number of aromatic carboxylic acids is 1. The van der Waals surface area contributed by atoms with Crippen LogP contribution in [-0.2, 0) is 6.54 Å². The van der Waals surface area contributed by atoms with Gasteiger partial charge in [-0.3, -0.25) is 4.79 Å². The molecule has 0 aliphatic rings. The highest BCUT2D eigenvalue weighted by Crippen LogP contribution is 2.19. The molecular weight excluding hydrogens is 292 g/mol. The Labute approximate surface area is 126 Å². The normalized spacial score (nSPS) is 10.1. The minimum absolute atomic E-state index is 0.178. The first kappa shape index (κ1) is 14.9. The molecule has 21 heavy (non-hydrogen) atoms. The average Bonchev–Trinajstić information content (AvgIpc) is 2.48. The largest absolute Gasteiger partial charge is 0.478 e. The van der Waals surface area contributed by atoms with Crippen molar-refractivity contribution in [3.8, 4) is 0 Å². The summed E-state index contributed by atoms with van der Waals surface area (Å²) < 4.78 is 0. The molecule has 0 aromatic heterocycles. The summed E-state index contributed by atoms with van der Waals surface area (Å²) in [5, 5.41) is 12.0. The van der Waals surface area contributed by atoms with Gasteiger partial charge in [0.1, 0.15) is 0 Å². The van der Waals surface area contributed by atoms with Gasteiger partial charge in [0.25, 0.3) is 5.91 Å². The number of hydrogen-bond donors (Lipinski definition) is 3. The van der Waals surface area contributed by atoms with E-state index in [1.54, 1.807) is 24.3 Å². The second-order valence-electron chi connectivity index (χ2n) is 4.42. The van der Waals surface area contributed by atoms with E-state index in [4.69, 9.17) is 22.4 Å². The number of anilines is 1. The van der Waals surface area contributed by atoms with Crippen molar-refractivity contribution in [2.45, 2.75) is 6.54 Å². The van der Waals surface area contributed by atoms with Crippen molar-refractivity contribution in [3.05, 3.63) is 64.2 Å². The van der Waals surface area contributed by atoms with Crippen LogP contribution in [0.3, 0.4) is 0 Å². The van der Waals surface area contributed by atoms with Gasteiger partial charge in [-0.25, -0.2) is 4.79 Å². The van der Waals surface area contributed by atoms with Crippen LogP contribution in [0.25, 0.3) is 0 Å². The number of carboxylic acid groups (broad SMARTS) is 1. The van der Waals surface area contributed by atoms with E-state index in [1.165, 1.54) is 18.2 Å². The Bertz CT molecular complexity index is 701. The van der Waals surface area contributed by atoms with Crippen LogP contribution in [0.1, 0.15) is 26.3 Å². The van der Waals surface area contributed by atoms with Gasteiger partial charge in [-0.15, -0.1) is 0 Å². The maximum atomic E-state index is 12.0. The van der Waals surface area contributed by atoms with E-state index in [-0.39, 0.29) is 18.0 Å². The molecule has 5 nitrogen and oxygen atoms in total. The highest BCUT2D eigenvalue weighted by Gasteiger charge is 2.08. The molecule has 4 N–H and O–H groups in total. The van der Waals surface area contributed by atoms with Gasteiger partial charge in [0.2, 0.25) is 0 Å². The topological polar surface area (TPSA) is 92.4 Å². The van der Waals surface area contributed by atoms with Gasteiger partial charge in [0.05, 0.1) is 16.3 Å². The molecule has 0 unspecified atom stereocenters. The van der Waals surface area contributed by atoms with Gasteiger partial charge in [-0.2, -0.15) is 0 Å². The highest BCUT2D eigenvalue weighted by atomic mass is 35.5. The SMILES string of the molecule is Nc1cc(C(=O)NCc2cccc(C(=O)O)c2)ccc1Cl. The molecule has 2 aromatic carbocycles. The molecule has 0 fully saturated rings.